The Hall–Kier alpha value is -2.55. The number of aryl methyl sites for hydroxylation is 1. The van der Waals surface area contributed by atoms with Crippen LogP contribution in [0.3, 0.4) is 0 Å². The predicted octanol–water partition coefficient (Wildman–Crippen LogP) is 5.19. The highest BCUT2D eigenvalue weighted by atomic mass is 32.2. The lowest BCUT2D eigenvalue weighted by Gasteiger charge is -2.22. The molecule has 0 radical (unpaired) electrons. The lowest BCUT2D eigenvalue weighted by molar-refractivity contribution is -0.139. The van der Waals surface area contributed by atoms with Gasteiger partial charge in [-0.3, -0.25) is 0 Å². The number of fused-ring (bicyclic) bond motifs is 1. The second-order valence-corrected chi connectivity index (χ2v) is 10.8. The highest BCUT2D eigenvalue weighted by Crippen LogP contribution is 2.27. The fraction of sp³-hybridized carbons (Fsp3) is 0.320. The minimum Gasteiger partial charge on any atom is -0.482 e. The van der Waals surface area contributed by atoms with E-state index in [0.29, 0.717) is 29.5 Å². The monoisotopic (exact) mass is 487 g/mol. The molecule has 3 aromatic rings. The molecule has 0 aliphatic heterocycles. The minimum atomic E-state index is -3.61. The normalized spacial score (nSPS) is 11.7. The summed E-state index contributed by atoms with van der Waals surface area (Å²) in [5, 5.41) is 10.7. The first-order valence-electron chi connectivity index (χ1n) is 10.9. The second-order valence-electron chi connectivity index (χ2n) is 7.72. The summed E-state index contributed by atoms with van der Waals surface area (Å²) in [5.74, 6) is 0.114. The van der Waals surface area contributed by atoms with E-state index in [1.807, 2.05) is 56.3 Å². The summed E-state index contributed by atoms with van der Waals surface area (Å²) in [7, 11) is -3.61. The molecule has 3 aromatic carbocycles. The molecule has 0 aromatic heterocycles. The summed E-state index contributed by atoms with van der Waals surface area (Å²) < 4.78 is 33.6. The van der Waals surface area contributed by atoms with Gasteiger partial charge < -0.3 is 9.84 Å². The molecule has 0 saturated carbocycles. The fourth-order valence-electron chi connectivity index (χ4n) is 3.44. The number of carbonyl (C=O) groups is 1. The topological polar surface area (TPSA) is 83.9 Å². The van der Waals surface area contributed by atoms with Crippen LogP contribution in [0.25, 0.3) is 10.8 Å². The number of carboxylic acids is 1. The van der Waals surface area contributed by atoms with Crippen molar-refractivity contribution < 1.29 is 23.1 Å². The van der Waals surface area contributed by atoms with Gasteiger partial charge in [0.25, 0.3) is 0 Å². The molecule has 3 rings (SSSR count). The fourth-order valence-corrected chi connectivity index (χ4v) is 6.04. The van der Waals surface area contributed by atoms with Crippen molar-refractivity contribution in [1.29, 1.82) is 0 Å². The molecule has 0 atom stereocenters. The number of hydrogen-bond donors (Lipinski definition) is 1. The van der Waals surface area contributed by atoms with Crippen LogP contribution in [0.1, 0.15) is 25.3 Å². The van der Waals surface area contributed by atoms with Crippen molar-refractivity contribution in [2.75, 3.05) is 25.4 Å². The summed E-state index contributed by atoms with van der Waals surface area (Å²) in [4.78, 5) is 12.0. The lowest BCUT2D eigenvalue weighted by atomic mass is 10.1. The number of ether oxygens (including phenoxy) is 1. The zero-order valence-electron chi connectivity index (χ0n) is 18.9. The van der Waals surface area contributed by atoms with E-state index in [1.165, 1.54) is 0 Å². The third kappa shape index (κ3) is 6.72. The van der Waals surface area contributed by atoms with Gasteiger partial charge in [0.05, 0.1) is 4.90 Å². The van der Waals surface area contributed by atoms with Crippen molar-refractivity contribution in [3.05, 3.63) is 66.2 Å². The Balaban J connectivity index is 1.70. The van der Waals surface area contributed by atoms with E-state index in [9.17, 15) is 13.2 Å². The summed E-state index contributed by atoms with van der Waals surface area (Å²) in [6, 6.07) is 18.6. The molecule has 0 bridgehead atoms. The minimum absolute atomic E-state index is 0.318. The van der Waals surface area contributed by atoms with Crippen LogP contribution in [-0.2, 0) is 14.8 Å². The Bertz CT molecular complexity index is 1210. The molecular formula is C25H29NO5S2. The number of aliphatic carboxylic acids is 1. The average molecular weight is 488 g/mol. The molecule has 6 nitrogen and oxygen atoms in total. The van der Waals surface area contributed by atoms with Crippen LogP contribution >= 0.6 is 11.8 Å². The third-order valence-corrected chi connectivity index (χ3v) is 8.10. The Morgan fingerprint density at radius 2 is 1.79 bits per heavy atom. The SMILES string of the molecule is CCCCN(CCSc1ccc(OCC(=O)O)c(C)c1)S(=O)(=O)c1ccc2ccccc2c1. The molecule has 0 unspecified atom stereocenters. The number of thioether (sulfide) groups is 1. The van der Waals surface area contributed by atoms with E-state index in [1.54, 1.807) is 34.3 Å². The van der Waals surface area contributed by atoms with Crippen LogP contribution in [0.2, 0.25) is 0 Å². The molecule has 176 valence electrons. The first kappa shape index (κ1) is 25.1. The highest BCUT2D eigenvalue weighted by Gasteiger charge is 2.24. The van der Waals surface area contributed by atoms with Crippen molar-refractivity contribution in [3.8, 4) is 5.75 Å². The summed E-state index contributed by atoms with van der Waals surface area (Å²) >= 11 is 1.57. The van der Waals surface area contributed by atoms with Gasteiger partial charge in [-0.15, -0.1) is 11.8 Å². The molecule has 1 N–H and O–H groups in total. The molecule has 0 saturated heterocycles. The van der Waals surface area contributed by atoms with Gasteiger partial charge >= 0.3 is 5.97 Å². The first-order valence-corrected chi connectivity index (χ1v) is 13.3. The van der Waals surface area contributed by atoms with Crippen molar-refractivity contribution in [1.82, 2.24) is 4.31 Å². The molecule has 0 aliphatic carbocycles. The maximum atomic E-state index is 13.4. The smallest absolute Gasteiger partial charge is 0.341 e. The standard InChI is InChI=1S/C25H29NO5S2/c1-3-4-13-26(33(29,30)23-11-9-20-7-5-6-8-21(20)17-23)14-15-32-22-10-12-24(19(2)16-22)31-18-25(27)28/h5-12,16-17H,3-4,13-15,18H2,1-2H3,(H,27,28). The van der Waals surface area contributed by atoms with Gasteiger partial charge in [0.2, 0.25) is 10.0 Å². The van der Waals surface area contributed by atoms with Gasteiger partial charge in [0.15, 0.2) is 6.61 Å². The van der Waals surface area contributed by atoms with Gasteiger partial charge in [0, 0.05) is 23.7 Å². The average Bonchev–Trinajstić information content (AvgIpc) is 2.80. The number of benzene rings is 3. The Morgan fingerprint density at radius 1 is 1.03 bits per heavy atom. The number of carboxylic acid groups (broad SMARTS) is 1. The van der Waals surface area contributed by atoms with Gasteiger partial charge in [0.1, 0.15) is 5.75 Å². The molecule has 0 heterocycles. The molecule has 0 aliphatic rings. The lowest BCUT2D eigenvalue weighted by Crippen LogP contribution is -2.34. The molecule has 0 fully saturated rings. The maximum absolute atomic E-state index is 13.4. The largest absolute Gasteiger partial charge is 0.482 e. The molecule has 0 amide bonds. The van der Waals surface area contributed by atoms with E-state index in [2.05, 4.69) is 0 Å². The van der Waals surface area contributed by atoms with E-state index in [0.717, 1.165) is 34.1 Å². The van der Waals surface area contributed by atoms with Gasteiger partial charge in [-0.1, -0.05) is 43.7 Å². The molecule has 8 heteroatoms. The van der Waals surface area contributed by atoms with E-state index in [-0.39, 0.29) is 6.61 Å². The predicted molar refractivity (Wildman–Crippen MR) is 133 cm³/mol. The second kappa shape index (κ2) is 11.5. The van der Waals surface area contributed by atoms with Gasteiger partial charge in [-0.2, -0.15) is 4.31 Å². The van der Waals surface area contributed by atoms with Crippen LogP contribution in [0.15, 0.2) is 70.5 Å². The van der Waals surface area contributed by atoms with Crippen molar-refractivity contribution in [2.45, 2.75) is 36.5 Å². The number of sulfonamides is 1. The van der Waals surface area contributed by atoms with E-state index < -0.39 is 16.0 Å². The van der Waals surface area contributed by atoms with Crippen molar-refractivity contribution in [2.24, 2.45) is 0 Å². The van der Waals surface area contributed by atoms with Crippen LogP contribution in [0.5, 0.6) is 5.75 Å². The third-order valence-electron chi connectivity index (χ3n) is 5.23. The zero-order chi connectivity index (χ0) is 23.8. The Labute approximate surface area is 199 Å². The van der Waals surface area contributed by atoms with Crippen LogP contribution in [-0.4, -0.2) is 49.2 Å². The van der Waals surface area contributed by atoms with Crippen LogP contribution in [0, 0.1) is 6.92 Å². The zero-order valence-corrected chi connectivity index (χ0v) is 20.5. The summed E-state index contributed by atoms with van der Waals surface area (Å²) in [5.41, 5.74) is 0.841. The van der Waals surface area contributed by atoms with Crippen LogP contribution < -0.4 is 4.74 Å². The van der Waals surface area contributed by atoms with E-state index in [4.69, 9.17) is 9.84 Å². The quantitative estimate of drug-likeness (QED) is 0.354. The number of hydrogen-bond acceptors (Lipinski definition) is 5. The Kier molecular flexibility index (Phi) is 8.77. The maximum Gasteiger partial charge on any atom is 0.341 e. The Morgan fingerprint density at radius 3 is 2.48 bits per heavy atom. The van der Waals surface area contributed by atoms with Crippen molar-refractivity contribution in [3.63, 3.8) is 0 Å². The highest BCUT2D eigenvalue weighted by molar-refractivity contribution is 7.99. The van der Waals surface area contributed by atoms with Gasteiger partial charge in [-0.25, -0.2) is 13.2 Å². The number of unbranched alkanes of at least 4 members (excludes halogenated alkanes) is 1. The van der Waals surface area contributed by atoms with E-state index >= 15 is 0 Å². The molecular weight excluding hydrogens is 458 g/mol. The molecule has 33 heavy (non-hydrogen) atoms. The first-order chi connectivity index (χ1) is 15.8. The number of nitrogens with zero attached hydrogens (tertiary/aromatic N) is 1. The molecule has 0 spiro atoms. The summed E-state index contributed by atoms with van der Waals surface area (Å²) in [6.45, 7) is 4.40. The number of rotatable bonds is 12. The van der Waals surface area contributed by atoms with Crippen LogP contribution in [0.4, 0.5) is 0 Å². The van der Waals surface area contributed by atoms with Crippen molar-refractivity contribution >= 4 is 38.5 Å². The summed E-state index contributed by atoms with van der Waals surface area (Å²) in [6.07, 6.45) is 1.71. The van der Waals surface area contributed by atoms with Gasteiger partial charge in [-0.05, 0) is 60.0 Å².